The van der Waals surface area contributed by atoms with Gasteiger partial charge in [0.05, 0.1) is 17.8 Å². The second kappa shape index (κ2) is 11.3. The van der Waals surface area contributed by atoms with E-state index in [0.717, 1.165) is 49.7 Å². The second-order valence-corrected chi connectivity index (χ2v) is 10.9. The van der Waals surface area contributed by atoms with E-state index in [1.54, 1.807) is 0 Å². The van der Waals surface area contributed by atoms with E-state index in [4.69, 9.17) is 17.0 Å². The Morgan fingerprint density at radius 3 is 2.49 bits per heavy atom. The fourth-order valence-corrected chi connectivity index (χ4v) is 5.89. The van der Waals surface area contributed by atoms with E-state index in [-0.39, 0.29) is 24.6 Å². The first-order chi connectivity index (χ1) is 18.8. The number of pyridine rings is 1. The number of rotatable bonds is 7. The molecule has 9 heteroatoms. The van der Waals surface area contributed by atoms with Crippen LogP contribution in [0.15, 0.2) is 77.4 Å². The molecule has 1 amide bonds. The van der Waals surface area contributed by atoms with Gasteiger partial charge in [0, 0.05) is 46.2 Å². The van der Waals surface area contributed by atoms with E-state index in [9.17, 15) is 4.79 Å². The van der Waals surface area contributed by atoms with E-state index in [0.29, 0.717) is 5.11 Å². The number of hydrogen-bond acceptors (Lipinski definition) is 4. The van der Waals surface area contributed by atoms with Gasteiger partial charge in [0.2, 0.25) is 5.91 Å². The zero-order valence-electron chi connectivity index (χ0n) is 22.2. The molecule has 1 aliphatic heterocycles. The first-order valence-corrected chi connectivity index (χ1v) is 13.8. The van der Waals surface area contributed by atoms with E-state index < -0.39 is 0 Å². The lowest BCUT2D eigenvalue weighted by atomic mass is 9.96. The van der Waals surface area contributed by atoms with Crippen LogP contribution >= 0.6 is 28.1 Å². The summed E-state index contributed by atoms with van der Waals surface area (Å²) in [6, 6.07) is 22.2. The lowest BCUT2D eigenvalue weighted by molar-refractivity contribution is -0.119. The molecule has 200 valence electrons. The van der Waals surface area contributed by atoms with Gasteiger partial charge in [-0.1, -0.05) is 22.0 Å². The summed E-state index contributed by atoms with van der Waals surface area (Å²) >= 11 is 9.48. The van der Waals surface area contributed by atoms with Gasteiger partial charge in [0.25, 0.3) is 0 Å². The first-order valence-electron chi connectivity index (χ1n) is 12.6. The van der Waals surface area contributed by atoms with Gasteiger partial charge in [-0.25, -0.2) is 0 Å². The van der Waals surface area contributed by atoms with Gasteiger partial charge in [0.15, 0.2) is 5.11 Å². The van der Waals surface area contributed by atoms with Crippen molar-refractivity contribution in [2.45, 2.75) is 32.9 Å². The summed E-state index contributed by atoms with van der Waals surface area (Å²) in [5.74, 6) is -0.194. The summed E-state index contributed by atoms with van der Waals surface area (Å²) < 4.78 is 8.27. The molecule has 1 fully saturated rings. The monoisotopic (exact) mass is 603 g/mol. The predicted octanol–water partition coefficient (Wildman–Crippen LogP) is 6.32. The number of thiocarbonyl (C=S) groups is 1. The number of aryl methyl sites for hydroxylation is 2. The van der Waals surface area contributed by atoms with Crippen LogP contribution in [-0.2, 0) is 9.53 Å². The normalized spacial score (nSPS) is 16.8. The molecule has 2 aromatic carbocycles. The van der Waals surface area contributed by atoms with Gasteiger partial charge in [-0.15, -0.1) is 0 Å². The molecule has 0 bridgehead atoms. The molecule has 0 radical (unpaired) electrons. The largest absolute Gasteiger partial charge is 0.375 e. The number of nitrogens with zero attached hydrogens (tertiary/aromatic N) is 3. The van der Waals surface area contributed by atoms with Crippen molar-refractivity contribution >= 4 is 50.5 Å². The van der Waals surface area contributed by atoms with Crippen LogP contribution in [0.1, 0.15) is 40.3 Å². The Labute approximate surface area is 242 Å². The number of nitrogens with one attached hydrogen (secondary N) is 2. The Balaban J connectivity index is 1.60. The van der Waals surface area contributed by atoms with E-state index in [2.05, 4.69) is 91.3 Å². The number of carbonyl (C=O) groups excluding carboxylic acids is 1. The highest BCUT2D eigenvalue weighted by Crippen LogP contribution is 2.44. The number of methoxy groups -OCH3 is 1. The lowest BCUT2D eigenvalue weighted by Gasteiger charge is -2.29. The maximum absolute atomic E-state index is 12.1. The number of ether oxygens (including phenoxy) is 1. The van der Waals surface area contributed by atoms with Crippen LogP contribution in [0.4, 0.5) is 11.4 Å². The minimum atomic E-state index is -0.194. The first kappa shape index (κ1) is 27.1. The van der Waals surface area contributed by atoms with Crippen molar-refractivity contribution in [3.8, 4) is 5.69 Å². The van der Waals surface area contributed by atoms with Crippen LogP contribution in [0.25, 0.3) is 5.69 Å². The zero-order valence-corrected chi connectivity index (χ0v) is 24.6. The maximum Gasteiger partial charge on any atom is 0.250 e. The Hall–Kier alpha value is -3.53. The molecule has 2 unspecified atom stereocenters. The van der Waals surface area contributed by atoms with Crippen LogP contribution in [0.2, 0.25) is 0 Å². The van der Waals surface area contributed by atoms with Crippen molar-refractivity contribution in [1.29, 1.82) is 0 Å². The van der Waals surface area contributed by atoms with Crippen molar-refractivity contribution in [2.24, 2.45) is 0 Å². The Kier molecular flexibility index (Phi) is 7.83. The molecule has 3 heterocycles. The highest BCUT2D eigenvalue weighted by Gasteiger charge is 2.42. The predicted molar refractivity (Wildman–Crippen MR) is 163 cm³/mol. The molecule has 0 spiro atoms. The van der Waals surface area contributed by atoms with Gasteiger partial charge >= 0.3 is 0 Å². The molecular formula is C30H30BrN5O2S. The standard InChI is InChI=1S/C30H30BrN5O2S/c1-18-15-23(12-13-25(18)33-27(37)17-38-4)36-29(28(34-30(36)39)26-7-5-6-14-32-26)24-16-19(2)35(20(24)3)22-10-8-21(31)9-11-22/h5-16,28-29H,17H2,1-4H3,(H,33,37)(H,34,39). The Bertz CT molecular complexity index is 1520. The summed E-state index contributed by atoms with van der Waals surface area (Å²) in [4.78, 5) is 19.0. The maximum atomic E-state index is 12.1. The van der Waals surface area contributed by atoms with Crippen LogP contribution in [0.3, 0.4) is 0 Å². The third-order valence-corrected chi connectivity index (χ3v) is 7.85. The van der Waals surface area contributed by atoms with Crippen molar-refractivity contribution < 1.29 is 9.53 Å². The Morgan fingerprint density at radius 1 is 1.08 bits per heavy atom. The van der Waals surface area contributed by atoms with Crippen molar-refractivity contribution in [3.63, 3.8) is 0 Å². The number of hydrogen-bond donors (Lipinski definition) is 2. The molecule has 39 heavy (non-hydrogen) atoms. The molecule has 2 aromatic heterocycles. The minimum Gasteiger partial charge on any atom is -0.375 e. The van der Waals surface area contributed by atoms with E-state index >= 15 is 0 Å². The van der Waals surface area contributed by atoms with Gasteiger partial charge < -0.3 is 24.8 Å². The molecule has 4 aromatic rings. The summed E-state index contributed by atoms with van der Waals surface area (Å²) in [7, 11) is 1.50. The molecule has 7 nitrogen and oxygen atoms in total. The SMILES string of the molecule is COCC(=O)Nc1ccc(N2C(=S)NC(c3ccccn3)C2c2cc(C)n(-c3ccc(Br)cc3)c2C)cc1C. The molecule has 1 aliphatic rings. The molecule has 2 atom stereocenters. The average Bonchev–Trinajstić information content (AvgIpc) is 3.41. The van der Waals surface area contributed by atoms with E-state index in [1.807, 2.05) is 43.5 Å². The van der Waals surface area contributed by atoms with Crippen LogP contribution in [-0.4, -0.2) is 34.3 Å². The fraction of sp³-hybridized carbons (Fsp3) is 0.233. The topological polar surface area (TPSA) is 71.4 Å². The van der Waals surface area contributed by atoms with Gasteiger partial charge in [0.1, 0.15) is 6.61 Å². The zero-order chi connectivity index (χ0) is 27.7. The quantitative estimate of drug-likeness (QED) is 0.241. The fourth-order valence-electron chi connectivity index (χ4n) is 5.28. The third-order valence-electron chi connectivity index (χ3n) is 7.01. The second-order valence-electron chi connectivity index (χ2n) is 9.62. The number of halogens is 1. The van der Waals surface area contributed by atoms with Crippen molar-refractivity contribution in [1.82, 2.24) is 14.9 Å². The summed E-state index contributed by atoms with van der Waals surface area (Å²) in [6.45, 7) is 6.26. The van der Waals surface area contributed by atoms with Gasteiger partial charge in [-0.3, -0.25) is 9.78 Å². The van der Waals surface area contributed by atoms with Crippen LogP contribution < -0.4 is 15.5 Å². The molecular weight excluding hydrogens is 574 g/mol. The van der Waals surface area contributed by atoms with Crippen molar-refractivity contribution in [2.75, 3.05) is 23.9 Å². The van der Waals surface area contributed by atoms with Gasteiger partial charge in [-0.2, -0.15) is 0 Å². The van der Waals surface area contributed by atoms with Gasteiger partial charge in [-0.05, 0) is 105 Å². The average molecular weight is 605 g/mol. The molecule has 5 rings (SSSR count). The summed E-state index contributed by atoms with van der Waals surface area (Å²) in [5.41, 5.74) is 8.06. The van der Waals surface area contributed by atoms with Crippen molar-refractivity contribution in [3.05, 3.63) is 106 Å². The number of carbonyl (C=O) groups is 1. The lowest BCUT2D eigenvalue weighted by Crippen LogP contribution is -2.29. The highest BCUT2D eigenvalue weighted by molar-refractivity contribution is 9.10. The Morgan fingerprint density at radius 2 is 1.82 bits per heavy atom. The minimum absolute atomic E-state index is 0.00311. The third kappa shape index (κ3) is 5.34. The smallest absolute Gasteiger partial charge is 0.250 e. The summed E-state index contributed by atoms with van der Waals surface area (Å²) in [5, 5.41) is 7.08. The molecule has 2 N–H and O–H groups in total. The number of anilines is 2. The van der Waals surface area contributed by atoms with Crippen LogP contribution in [0.5, 0.6) is 0 Å². The number of aromatic nitrogens is 2. The molecule has 1 saturated heterocycles. The molecule has 0 aliphatic carbocycles. The number of benzene rings is 2. The molecule has 0 saturated carbocycles. The number of amides is 1. The highest BCUT2D eigenvalue weighted by atomic mass is 79.9. The van der Waals surface area contributed by atoms with Crippen LogP contribution in [0, 0.1) is 20.8 Å². The van der Waals surface area contributed by atoms with E-state index in [1.165, 1.54) is 7.11 Å². The summed E-state index contributed by atoms with van der Waals surface area (Å²) in [6.07, 6.45) is 1.81.